The van der Waals surface area contributed by atoms with E-state index in [0.717, 1.165) is 11.3 Å². The standard InChI is InChI=1S/C17H22N2O2S/c1-13-9-19-16(10-18-13)12-22(20,21)11-14-5-7-15(8-6-14)17(2,3)4/h5-10H,11-12H2,1-4H3. The molecule has 0 fully saturated rings. The number of aryl methyl sites for hydroxylation is 1. The van der Waals surface area contributed by atoms with Gasteiger partial charge in [-0.3, -0.25) is 9.97 Å². The molecule has 1 aromatic carbocycles. The van der Waals surface area contributed by atoms with Crippen molar-refractivity contribution in [3.05, 3.63) is 59.2 Å². The molecule has 4 nitrogen and oxygen atoms in total. The predicted molar refractivity (Wildman–Crippen MR) is 88.2 cm³/mol. The number of sulfone groups is 1. The molecule has 0 atom stereocenters. The fourth-order valence-corrected chi connectivity index (χ4v) is 3.53. The average molecular weight is 318 g/mol. The van der Waals surface area contributed by atoms with Gasteiger partial charge in [-0.25, -0.2) is 8.42 Å². The summed E-state index contributed by atoms with van der Waals surface area (Å²) >= 11 is 0. The van der Waals surface area contributed by atoms with Crippen LogP contribution in [-0.4, -0.2) is 18.4 Å². The molecule has 0 unspecified atom stereocenters. The Morgan fingerprint density at radius 1 is 0.955 bits per heavy atom. The smallest absolute Gasteiger partial charge is 0.160 e. The normalized spacial score (nSPS) is 12.4. The molecule has 0 aliphatic rings. The molecule has 1 aromatic heterocycles. The van der Waals surface area contributed by atoms with Gasteiger partial charge >= 0.3 is 0 Å². The zero-order chi connectivity index (χ0) is 16.4. The van der Waals surface area contributed by atoms with Crippen molar-refractivity contribution in [3.63, 3.8) is 0 Å². The first kappa shape index (κ1) is 16.6. The van der Waals surface area contributed by atoms with Crippen molar-refractivity contribution in [3.8, 4) is 0 Å². The van der Waals surface area contributed by atoms with Crippen LogP contribution in [0.2, 0.25) is 0 Å². The van der Waals surface area contributed by atoms with Crippen LogP contribution in [0.25, 0.3) is 0 Å². The van der Waals surface area contributed by atoms with E-state index in [9.17, 15) is 8.42 Å². The van der Waals surface area contributed by atoms with Gasteiger partial charge in [-0.1, -0.05) is 45.0 Å². The lowest BCUT2D eigenvalue weighted by atomic mass is 9.87. The summed E-state index contributed by atoms with van der Waals surface area (Å²) in [7, 11) is -3.25. The molecule has 0 aliphatic carbocycles. The van der Waals surface area contributed by atoms with Crippen molar-refractivity contribution in [1.29, 1.82) is 0 Å². The molecule has 0 N–H and O–H groups in total. The monoisotopic (exact) mass is 318 g/mol. The average Bonchev–Trinajstić information content (AvgIpc) is 2.40. The van der Waals surface area contributed by atoms with Gasteiger partial charge in [0.25, 0.3) is 0 Å². The third kappa shape index (κ3) is 4.63. The first-order chi connectivity index (χ1) is 10.2. The second-order valence-electron chi connectivity index (χ2n) is 6.63. The molecule has 0 spiro atoms. The van der Waals surface area contributed by atoms with Crippen LogP contribution in [0, 0.1) is 6.92 Å². The SMILES string of the molecule is Cc1cnc(CS(=O)(=O)Cc2ccc(C(C)(C)C)cc2)cn1. The van der Waals surface area contributed by atoms with E-state index in [1.54, 1.807) is 6.20 Å². The molecule has 0 saturated heterocycles. The fraction of sp³-hybridized carbons (Fsp3) is 0.412. The molecule has 0 radical (unpaired) electrons. The largest absolute Gasteiger partial charge is 0.258 e. The molecule has 5 heteroatoms. The highest BCUT2D eigenvalue weighted by Crippen LogP contribution is 2.23. The summed E-state index contributed by atoms with van der Waals surface area (Å²) in [5.74, 6) is -0.0612. The maximum atomic E-state index is 12.3. The highest BCUT2D eigenvalue weighted by atomic mass is 32.2. The quantitative estimate of drug-likeness (QED) is 0.868. The van der Waals surface area contributed by atoms with Crippen LogP contribution in [0.4, 0.5) is 0 Å². The maximum Gasteiger partial charge on any atom is 0.160 e. The summed E-state index contributed by atoms with van der Waals surface area (Å²) in [6.45, 7) is 8.22. The van der Waals surface area contributed by atoms with Gasteiger partial charge in [0, 0.05) is 12.4 Å². The lowest BCUT2D eigenvalue weighted by molar-refractivity contribution is 0.589. The Balaban J connectivity index is 2.10. The van der Waals surface area contributed by atoms with E-state index >= 15 is 0 Å². The third-order valence-corrected chi connectivity index (χ3v) is 4.92. The van der Waals surface area contributed by atoms with Crippen molar-refractivity contribution < 1.29 is 8.42 Å². The minimum atomic E-state index is -3.25. The molecule has 0 aliphatic heterocycles. The van der Waals surface area contributed by atoms with E-state index in [1.165, 1.54) is 11.8 Å². The molecular weight excluding hydrogens is 296 g/mol. The summed E-state index contributed by atoms with van der Waals surface area (Å²) in [6, 6.07) is 7.77. The number of aromatic nitrogens is 2. The molecule has 118 valence electrons. The van der Waals surface area contributed by atoms with Crippen LogP contribution in [0.15, 0.2) is 36.7 Å². The molecule has 2 rings (SSSR count). The Kier molecular flexibility index (Phi) is 4.66. The highest BCUT2D eigenvalue weighted by Gasteiger charge is 2.16. The van der Waals surface area contributed by atoms with E-state index in [0.29, 0.717) is 5.69 Å². The summed E-state index contributed by atoms with van der Waals surface area (Å²) in [4.78, 5) is 8.19. The molecule has 22 heavy (non-hydrogen) atoms. The van der Waals surface area contributed by atoms with E-state index in [2.05, 4.69) is 30.7 Å². The Bertz CT molecular complexity index is 728. The van der Waals surface area contributed by atoms with Gasteiger partial charge in [0.15, 0.2) is 9.84 Å². The third-order valence-electron chi connectivity index (χ3n) is 3.41. The van der Waals surface area contributed by atoms with Crippen LogP contribution < -0.4 is 0 Å². The van der Waals surface area contributed by atoms with Crippen molar-refractivity contribution in [2.24, 2.45) is 0 Å². The van der Waals surface area contributed by atoms with Crippen LogP contribution in [-0.2, 0) is 26.8 Å². The Morgan fingerprint density at radius 3 is 2.09 bits per heavy atom. The van der Waals surface area contributed by atoms with Gasteiger partial charge in [-0.05, 0) is 23.5 Å². The van der Waals surface area contributed by atoms with Gasteiger partial charge in [0.05, 0.1) is 22.9 Å². The zero-order valence-corrected chi connectivity index (χ0v) is 14.3. The molecule has 1 heterocycles. The predicted octanol–water partition coefficient (Wildman–Crippen LogP) is 3.20. The van der Waals surface area contributed by atoms with Gasteiger partial charge in [0.1, 0.15) is 0 Å². The van der Waals surface area contributed by atoms with Crippen LogP contribution in [0.1, 0.15) is 43.3 Å². The topological polar surface area (TPSA) is 59.9 Å². The van der Waals surface area contributed by atoms with Crippen LogP contribution >= 0.6 is 0 Å². The Hall–Kier alpha value is -1.75. The molecule has 0 bridgehead atoms. The highest BCUT2D eigenvalue weighted by molar-refractivity contribution is 7.89. The Morgan fingerprint density at radius 2 is 1.59 bits per heavy atom. The van der Waals surface area contributed by atoms with Gasteiger partial charge in [-0.2, -0.15) is 0 Å². The first-order valence-electron chi connectivity index (χ1n) is 7.23. The number of hydrogen-bond acceptors (Lipinski definition) is 4. The van der Waals surface area contributed by atoms with Gasteiger partial charge in [-0.15, -0.1) is 0 Å². The lowest BCUT2D eigenvalue weighted by Crippen LogP contribution is -2.12. The second kappa shape index (κ2) is 6.16. The van der Waals surface area contributed by atoms with E-state index < -0.39 is 9.84 Å². The summed E-state index contributed by atoms with van der Waals surface area (Å²) in [5, 5.41) is 0. The second-order valence-corrected chi connectivity index (χ2v) is 8.69. The van der Waals surface area contributed by atoms with Crippen molar-refractivity contribution in [2.45, 2.75) is 44.6 Å². The first-order valence-corrected chi connectivity index (χ1v) is 9.05. The maximum absolute atomic E-state index is 12.3. The number of hydrogen-bond donors (Lipinski definition) is 0. The van der Waals surface area contributed by atoms with Crippen molar-refractivity contribution in [1.82, 2.24) is 9.97 Å². The number of nitrogens with zero attached hydrogens (tertiary/aromatic N) is 2. The Labute approximate surface area is 132 Å². The van der Waals surface area contributed by atoms with Crippen molar-refractivity contribution >= 4 is 9.84 Å². The number of benzene rings is 1. The summed E-state index contributed by atoms with van der Waals surface area (Å²) in [5.41, 5.74) is 3.32. The molecule has 2 aromatic rings. The van der Waals surface area contributed by atoms with Gasteiger partial charge in [0.2, 0.25) is 0 Å². The van der Waals surface area contributed by atoms with E-state index in [4.69, 9.17) is 0 Å². The molecular formula is C17H22N2O2S. The zero-order valence-electron chi connectivity index (χ0n) is 13.5. The molecule has 0 amide bonds. The lowest BCUT2D eigenvalue weighted by Gasteiger charge is -2.19. The summed E-state index contributed by atoms with van der Waals surface area (Å²) in [6.07, 6.45) is 3.11. The minimum absolute atomic E-state index is 0.0208. The molecule has 0 saturated carbocycles. The summed E-state index contributed by atoms with van der Waals surface area (Å²) < 4.78 is 24.5. The van der Waals surface area contributed by atoms with E-state index in [1.807, 2.05) is 31.2 Å². The van der Waals surface area contributed by atoms with Crippen LogP contribution in [0.5, 0.6) is 0 Å². The van der Waals surface area contributed by atoms with E-state index in [-0.39, 0.29) is 16.9 Å². The number of rotatable bonds is 4. The fourth-order valence-electron chi connectivity index (χ4n) is 2.13. The van der Waals surface area contributed by atoms with Crippen LogP contribution in [0.3, 0.4) is 0 Å². The van der Waals surface area contributed by atoms with Crippen molar-refractivity contribution in [2.75, 3.05) is 0 Å². The minimum Gasteiger partial charge on any atom is -0.258 e. The van der Waals surface area contributed by atoms with Gasteiger partial charge < -0.3 is 0 Å².